The summed E-state index contributed by atoms with van der Waals surface area (Å²) in [5.41, 5.74) is 10.3. The summed E-state index contributed by atoms with van der Waals surface area (Å²) in [5, 5.41) is 2.97. The number of rotatable bonds is 5. The molecule has 0 bridgehead atoms. The van der Waals surface area contributed by atoms with Crippen LogP contribution in [0.1, 0.15) is 22.7 Å². The van der Waals surface area contributed by atoms with Crippen molar-refractivity contribution in [3.8, 4) is 0 Å². The molecule has 7 heteroatoms. The van der Waals surface area contributed by atoms with Gasteiger partial charge in [-0.2, -0.15) is 0 Å². The van der Waals surface area contributed by atoms with E-state index in [-0.39, 0.29) is 30.7 Å². The van der Waals surface area contributed by atoms with Gasteiger partial charge in [-0.05, 0) is 24.1 Å². The van der Waals surface area contributed by atoms with Crippen LogP contribution in [0.4, 0.5) is 5.69 Å². The van der Waals surface area contributed by atoms with E-state index in [9.17, 15) is 4.79 Å². The predicted molar refractivity (Wildman–Crippen MR) is 114 cm³/mol. The van der Waals surface area contributed by atoms with E-state index in [0.717, 1.165) is 48.7 Å². The molecule has 1 aliphatic heterocycles. The van der Waals surface area contributed by atoms with E-state index in [1.165, 1.54) is 0 Å². The number of nitrogens with zero attached hydrogens (tertiary/aromatic N) is 1. The van der Waals surface area contributed by atoms with Gasteiger partial charge in [0.25, 0.3) is 0 Å². The van der Waals surface area contributed by atoms with Gasteiger partial charge in [0.2, 0.25) is 5.91 Å². The lowest BCUT2D eigenvalue weighted by Gasteiger charge is -2.30. The number of aryl methyl sites for hydroxylation is 1. The molecule has 0 aliphatic carbocycles. The Balaban J connectivity index is 0.00000182. The minimum Gasteiger partial charge on any atom is -0.378 e. The Morgan fingerprint density at radius 3 is 2.41 bits per heavy atom. The number of nitrogens with one attached hydrogen (secondary N) is 1. The first kappa shape index (κ1) is 23.2. The van der Waals surface area contributed by atoms with Crippen molar-refractivity contribution in [2.24, 2.45) is 5.73 Å². The van der Waals surface area contributed by atoms with Gasteiger partial charge in [0, 0.05) is 25.3 Å². The lowest BCUT2D eigenvalue weighted by Crippen LogP contribution is -2.38. The summed E-state index contributed by atoms with van der Waals surface area (Å²) in [6.07, 6.45) is 0. The average molecular weight is 412 g/mol. The van der Waals surface area contributed by atoms with E-state index >= 15 is 0 Å². The highest BCUT2D eigenvalue weighted by molar-refractivity contribution is 5.85. The summed E-state index contributed by atoms with van der Waals surface area (Å²) >= 11 is 0. The normalized spacial score (nSPS) is 14.5. The zero-order chi connectivity index (χ0) is 17.6. The van der Waals surface area contributed by atoms with Gasteiger partial charge in [0.15, 0.2) is 0 Å². The molecular weight excluding hydrogens is 385 g/mol. The molecule has 1 aliphatic rings. The van der Waals surface area contributed by atoms with Crippen molar-refractivity contribution in [1.29, 1.82) is 0 Å². The zero-order valence-electron chi connectivity index (χ0n) is 15.4. The van der Waals surface area contributed by atoms with Crippen molar-refractivity contribution in [2.75, 3.05) is 31.2 Å². The van der Waals surface area contributed by atoms with Crippen LogP contribution in [0.15, 0.2) is 48.5 Å². The predicted octanol–water partition coefficient (Wildman–Crippen LogP) is 2.99. The molecule has 0 spiro atoms. The third-order valence-electron chi connectivity index (χ3n) is 4.52. The molecule has 27 heavy (non-hydrogen) atoms. The number of carbonyl (C=O) groups is 1. The molecular formula is C20H27Cl2N3O2. The number of benzene rings is 2. The monoisotopic (exact) mass is 411 g/mol. The molecule has 3 rings (SSSR count). The van der Waals surface area contributed by atoms with Crippen molar-refractivity contribution in [3.05, 3.63) is 65.2 Å². The fourth-order valence-electron chi connectivity index (χ4n) is 2.99. The highest BCUT2D eigenvalue weighted by Gasteiger charge is 2.18. The average Bonchev–Trinajstić information content (AvgIpc) is 2.67. The van der Waals surface area contributed by atoms with Crippen LogP contribution in [-0.2, 0) is 16.1 Å². The minimum absolute atomic E-state index is 0. The first-order valence-corrected chi connectivity index (χ1v) is 8.65. The molecule has 1 amide bonds. The highest BCUT2D eigenvalue weighted by Crippen LogP contribution is 2.21. The van der Waals surface area contributed by atoms with Gasteiger partial charge in [-0.1, -0.05) is 48.0 Å². The third-order valence-corrected chi connectivity index (χ3v) is 4.52. The molecule has 1 atom stereocenters. The number of amides is 1. The first-order chi connectivity index (χ1) is 12.1. The first-order valence-electron chi connectivity index (χ1n) is 8.65. The number of hydrogen-bond acceptors (Lipinski definition) is 4. The van der Waals surface area contributed by atoms with Crippen LogP contribution in [-0.4, -0.2) is 32.2 Å². The second kappa shape index (κ2) is 11.1. The number of para-hydroxylation sites is 1. The standard InChI is InChI=1S/C20H25N3O2.2ClH/c1-15-6-8-16(9-7-15)19(21)20(24)22-14-17-4-2-3-5-18(17)23-10-12-25-13-11-23;;/h2-9,19H,10-14,21H2,1H3,(H,22,24);2*1H. The van der Waals surface area contributed by atoms with Crippen molar-refractivity contribution in [1.82, 2.24) is 5.32 Å². The Morgan fingerprint density at radius 1 is 1.11 bits per heavy atom. The summed E-state index contributed by atoms with van der Waals surface area (Å²) in [6, 6.07) is 15.2. The van der Waals surface area contributed by atoms with E-state index in [2.05, 4.69) is 16.3 Å². The maximum absolute atomic E-state index is 12.4. The number of nitrogens with two attached hydrogens (primary N) is 1. The number of anilines is 1. The van der Waals surface area contributed by atoms with E-state index < -0.39 is 6.04 Å². The molecule has 3 N–H and O–H groups in total. The van der Waals surface area contributed by atoms with Crippen LogP contribution >= 0.6 is 24.8 Å². The van der Waals surface area contributed by atoms with Crippen LogP contribution in [0.5, 0.6) is 0 Å². The summed E-state index contributed by atoms with van der Waals surface area (Å²) in [5.74, 6) is -0.166. The Kier molecular flexibility index (Phi) is 9.60. The lowest BCUT2D eigenvalue weighted by atomic mass is 10.1. The SMILES string of the molecule is Cc1ccc(C(N)C(=O)NCc2ccccc2N2CCOCC2)cc1.Cl.Cl. The van der Waals surface area contributed by atoms with Gasteiger partial charge in [-0.25, -0.2) is 0 Å². The summed E-state index contributed by atoms with van der Waals surface area (Å²) in [7, 11) is 0. The van der Waals surface area contributed by atoms with Gasteiger partial charge in [0.05, 0.1) is 13.2 Å². The fraction of sp³-hybridized carbons (Fsp3) is 0.350. The number of carbonyl (C=O) groups excluding carboxylic acids is 1. The molecule has 148 valence electrons. The second-order valence-corrected chi connectivity index (χ2v) is 6.33. The molecule has 1 saturated heterocycles. The zero-order valence-corrected chi connectivity index (χ0v) is 17.0. The Labute approximate surface area is 173 Å². The van der Waals surface area contributed by atoms with Gasteiger partial charge in [-0.3, -0.25) is 4.79 Å². The topological polar surface area (TPSA) is 67.6 Å². The summed E-state index contributed by atoms with van der Waals surface area (Å²) in [4.78, 5) is 14.7. The molecule has 1 fully saturated rings. The smallest absolute Gasteiger partial charge is 0.241 e. The molecule has 5 nitrogen and oxygen atoms in total. The van der Waals surface area contributed by atoms with E-state index in [4.69, 9.17) is 10.5 Å². The fourth-order valence-corrected chi connectivity index (χ4v) is 2.99. The van der Waals surface area contributed by atoms with Crippen molar-refractivity contribution < 1.29 is 9.53 Å². The van der Waals surface area contributed by atoms with E-state index in [0.29, 0.717) is 6.54 Å². The number of morpholine rings is 1. The molecule has 0 aromatic heterocycles. The maximum atomic E-state index is 12.4. The van der Waals surface area contributed by atoms with Crippen LogP contribution < -0.4 is 16.0 Å². The van der Waals surface area contributed by atoms with E-state index in [1.54, 1.807) is 0 Å². The van der Waals surface area contributed by atoms with Crippen molar-refractivity contribution in [3.63, 3.8) is 0 Å². The van der Waals surface area contributed by atoms with Crippen molar-refractivity contribution in [2.45, 2.75) is 19.5 Å². The summed E-state index contributed by atoms with van der Waals surface area (Å²) in [6.45, 7) is 5.68. The van der Waals surface area contributed by atoms with Gasteiger partial charge >= 0.3 is 0 Å². The number of hydrogen-bond donors (Lipinski definition) is 2. The molecule has 2 aromatic carbocycles. The summed E-state index contributed by atoms with van der Waals surface area (Å²) < 4.78 is 5.42. The van der Waals surface area contributed by atoms with Gasteiger partial charge in [-0.15, -0.1) is 24.8 Å². The Morgan fingerprint density at radius 2 is 1.74 bits per heavy atom. The number of ether oxygens (including phenoxy) is 1. The molecule has 0 radical (unpaired) electrons. The maximum Gasteiger partial charge on any atom is 0.241 e. The Bertz CT molecular complexity index is 719. The van der Waals surface area contributed by atoms with Crippen LogP contribution in [0, 0.1) is 6.92 Å². The van der Waals surface area contributed by atoms with E-state index in [1.807, 2.05) is 49.4 Å². The van der Waals surface area contributed by atoms with Gasteiger partial charge < -0.3 is 20.7 Å². The van der Waals surface area contributed by atoms with Crippen LogP contribution in [0.3, 0.4) is 0 Å². The molecule has 2 aromatic rings. The largest absolute Gasteiger partial charge is 0.378 e. The highest BCUT2D eigenvalue weighted by atomic mass is 35.5. The molecule has 0 saturated carbocycles. The lowest BCUT2D eigenvalue weighted by molar-refractivity contribution is -0.122. The minimum atomic E-state index is -0.656. The quantitative estimate of drug-likeness (QED) is 0.793. The van der Waals surface area contributed by atoms with Crippen molar-refractivity contribution >= 4 is 36.4 Å². The second-order valence-electron chi connectivity index (χ2n) is 6.33. The molecule has 1 unspecified atom stereocenters. The van der Waals surface area contributed by atoms with Gasteiger partial charge in [0.1, 0.15) is 6.04 Å². The molecule has 1 heterocycles. The third kappa shape index (κ3) is 6.11. The van der Waals surface area contributed by atoms with Crippen LogP contribution in [0.25, 0.3) is 0 Å². The Hall–Kier alpha value is -1.79. The number of halogens is 2. The van der Waals surface area contributed by atoms with Crippen LogP contribution in [0.2, 0.25) is 0 Å².